The zero-order chi connectivity index (χ0) is 18.9. The first-order valence-corrected chi connectivity index (χ1v) is 9.91. The maximum Gasteiger partial charge on any atom is 0.308 e. The summed E-state index contributed by atoms with van der Waals surface area (Å²) in [5, 5.41) is 1.06. The zero-order valence-electron chi connectivity index (χ0n) is 16.0. The Hall–Kier alpha value is -1.88. The smallest absolute Gasteiger partial charge is 0.308 e. The summed E-state index contributed by atoms with van der Waals surface area (Å²) in [6.45, 7) is 7.83. The molecule has 0 aliphatic carbocycles. The number of nitrogens with zero attached hydrogens (tertiary/aromatic N) is 1. The van der Waals surface area contributed by atoms with Gasteiger partial charge in [0.25, 0.3) is 0 Å². The fraction of sp³-hybridized carbons (Fsp3) is 0.524. The van der Waals surface area contributed by atoms with Gasteiger partial charge >= 0.3 is 5.97 Å². The van der Waals surface area contributed by atoms with E-state index in [9.17, 15) is 4.79 Å². The van der Waals surface area contributed by atoms with Gasteiger partial charge in [-0.05, 0) is 25.0 Å². The summed E-state index contributed by atoms with van der Waals surface area (Å²) < 4.78 is 14.2. The molecule has 0 amide bonds. The molecule has 1 aromatic heterocycles. The Morgan fingerprint density at radius 3 is 2.69 bits per heavy atom. The van der Waals surface area contributed by atoms with Gasteiger partial charge in [0.2, 0.25) is 0 Å². The number of pyridine rings is 1. The molecule has 4 nitrogen and oxygen atoms in total. The number of unbranched alkanes of at least 4 members (excludes halogenated alkanes) is 1. The average molecular weight is 376 g/mol. The fourth-order valence-corrected chi connectivity index (χ4v) is 2.99. The molecule has 0 saturated carbocycles. The van der Waals surface area contributed by atoms with Gasteiger partial charge in [0, 0.05) is 24.4 Å². The van der Waals surface area contributed by atoms with Crippen LogP contribution in [0.15, 0.2) is 30.3 Å². The summed E-state index contributed by atoms with van der Waals surface area (Å²) in [7, 11) is 0. The lowest BCUT2D eigenvalue weighted by molar-refractivity contribution is -0.148. The van der Waals surface area contributed by atoms with Crippen molar-refractivity contribution in [2.24, 2.45) is 5.92 Å². The largest absolute Gasteiger partial charge is 0.493 e. The average Bonchev–Trinajstić information content (AvgIpc) is 2.66. The number of hydrogen-bond donors (Lipinski definition) is 0. The van der Waals surface area contributed by atoms with Crippen LogP contribution < -0.4 is 4.74 Å². The van der Waals surface area contributed by atoms with E-state index < -0.39 is 0 Å². The number of aromatic nitrogens is 1. The fourth-order valence-electron chi connectivity index (χ4n) is 2.69. The molecule has 26 heavy (non-hydrogen) atoms. The van der Waals surface area contributed by atoms with Gasteiger partial charge in [-0.25, -0.2) is 0 Å². The van der Waals surface area contributed by atoms with Gasteiger partial charge < -0.3 is 14.0 Å². The summed E-state index contributed by atoms with van der Waals surface area (Å²) in [4.78, 5) is 11.7. The van der Waals surface area contributed by atoms with Crippen molar-refractivity contribution in [2.75, 3.05) is 13.2 Å². The maximum absolute atomic E-state index is 11.7. The van der Waals surface area contributed by atoms with Gasteiger partial charge in [-0.3, -0.25) is 4.79 Å². The first kappa shape index (κ1) is 20.4. The first-order chi connectivity index (χ1) is 12.6. The third-order valence-electron chi connectivity index (χ3n) is 4.52. The number of ether oxygens (including phenoxy) is 2. The first-order valence-electron chi connectivity index (χ1n) is 9.50. The number of aryl methyl sites for hydroxylation is 1. The summed E-state index contributed by atoms with van der Waals surface area (Å²) in [5.41, 5.74) is 1.10. The summed E-state index contributed by atoms with van der Waals surface area (Å²) in [5.74, 6) is 0.615. The monoisotopic (exact) mass is 375 g/mol. The second-order valence-electron chi connectivity index (χ2n) is 6.55. The highest BCUT2D eigenvalue weighted by molar-refractivity contribution is 7.71. The minimum Gasteiger partial charge on any atom is -0.493 e. The normalized spacial score (nSPS) is 12.1. The lowest BCUT2D eigenvalue weighted by Crippen LogP contribution is -2.15. The van der Waals surface area contributed by atoms with Crippen molar-refractivity contribution in [3.05, 3.63) is 35.0 Å². The summed E-state index contributed by atoms with van der Waals surface area (Å²) in [6, 6.07) is 10.1. The molecular weight excluding hydrogens is 346 g/mol. The molecule has 0 saturated heterocycles. The van der Waals surface area contributed by atoms with E-state index in [-0.39, 0.29) is 11.9 Å². The molecule has 142 valence electrons. The van der Waals surface area contributed by atoms with E-state index in [0.717, 1.165) is 47.1 Å². The van der Waals surface area contributed by atoms with Crippen LogP contribution in [0.25, 0.3) is 10.9 Å². The standard InChI is InChI=1S/C21H29NO3S/c1-4-6-12-22-18-11-8-7-10-17(18)19(15-20(22)26)24-13-9-14-25-21(23)16(3)5-2/h7-8,10-11,15-16H,4-6,9,12-14H2,1-3H3. The SMILES string of the molecule is CCCCn1c(=S)cc(OCCCOC(=O)C(C)CC)c2ccccc21. The Morgan fingerprint density at radius 1 is 1.19 bits per heavy atom. The molecule has 1 aromatic carbocycles. The lowest BCUT2D eigenvalue weighted by atomic mass is 10.1. The molecule has 0 bridgehead atoms. The Morgan fingerprint density at radius 2 is 1.96 bits per heavy atom. The molecule has 0 radical (unpaired) electrons. The molecule has 0 aliphatic rings. The topological polar surface area (TPSA) is 40.5 Å². The number of rotatable bonds is 10. The van der Waals surface area contributed by atoms with E-state index in [2.05, 4.69) is 23.6 Å². The van der Waals surface area contributed by atoms with E-state index in [1.807, 2.05) is 32.0 Å². The van der Waals surface area contributed by atoms with Crippen LogP contribution in [0.2, 0.25) is 0 Å². The highest BCUT2D eigenvalue weighted by Gasteiger charge is 2.11. The molecule has 0 aliphatic heterocycles. The van der Waals surface area contributed by atoms with Crippen LogP contribution in [0.1, 0.15) is 46.5 Å². The van der Waals surface area contributed by atoms with Crippen LogP contribution in [0.4, 0.5) is 0 Å². The van der Waals surface area contributed by atoms with E-state index in [0.29, 0.717) is 19.6 Å². The number of carbonyl (C=O) groups is 1. The van der Waals surface area contributed by atoms with Crippen molar-refractivity contribution in [2.45, 2.75) is 53.0 Å². The van der Waals surface area contributed by atoms with Gasteiger partial charge in [-0.1, -0.05) is 51.5 Å². The Labute approximate surface area is 161 Å². The van der Waals surface area contributed by atoms with Crippen molar-refractivity contribution in [3.63, 3.8) is 0 Å². The maximum atomic E-state index is 11.7. The third-order valence-corrected chi connectivity index (χ3v) is 4.86. The number of carbonyl (C=O) groups excluding carboxylic acids is 1. The Kier molecular flexibility index (Phi) is 8.10. The molecule has 1 heterocycles. The predicted octanol–water partition coefficient (Wildman–Crippen LogP) is 5.53. The number of esters is 1. The molecule has 0 spiro atoms. The van der Waals surface area contributed by atoms with E-state index >= 15 is 0 Å². The molecule has 5 heteroatoms. The second-order valence-corrected chi connectivity index (χ2v) is 6.97. The lowest BCUT2D eigenvalue weighted by Gasteiger charge is -2.15. The zero-order valence-corrected chi connectivity index (χ0v) is 16.8. The van der Waals surface area contributed by atoms with Crippen LogP contribution in [-0.2, 0) is 16.1 Å². The van der Waals surface area contributed by atoms with E-state index in [1.165, 1.54) is 0 Å². The molecule has 1 atom stereocenters. The van der Waals surface area contributed by atoms with Gasteiger partial charge in [0.05, 0.1) is 24.6 Å². The number of benzene rings is 1. The minimum absolute atomic E-state index is 0.0460. The summed E-state index contributed by atoms with van der Waals surface area (Å²) in [6.07, 6.45) is 3.68. The highest BCUT2D eigenvalue weighted by Crippen LogP contribution is 2.27. The molecule has 0 N–H and O–H groups in total. The molecular formula is C21H29NO3S. The van der Waals surface area contributed by atoms with Crippen molar-refractivity contribution < 1.29 is 14.3 Å². The van der Waals surface area contributed by atoms with Crippen LogP contribution in [0.5, 0.6) is 5.75 Å². The van der Waals surface area contributed by atoms with Crippen molar-refractivity contribution >= 4 is 29.1 Å². The Balaban J connectivity index is 2.02. The van der Waals surface area contributed by atoms with Crippen LogP contribution in [-0.4, -0.2) is 23.8 Å². The van der Waals surface area contributed by atoms with Gasteiger partial charge in [-0.15, -0.1) is 0 Å². The molecule has 2 aromatic rings. The molecule has 2 rings (SSSR count). The number of para-hydroxylation sites is 1. The second kappa shape index (κ2) is 10.3. The van der Waals surface area contributed by atoms with Gasteiger partial charge in [0.1, 0.15) is 10.4 Å². The van der Waals surface area contributed by atoms with Crippen molar-refractivity contribution in [1.29, 1.82) is 0 Å². The van der Waals surface area contributed by atoms with E-state index in [1.54, 1.807) is 0 Å². The van der Waals surface area contributed by atoms with Gasteiger partial charge in [0.15, 0.2) is 0 Å². The van der Waals surface area contributed by atoms with Crippen molar-refractivity contribution in [3.8, 4) is 5.75 Å². The van der Waals surface area contributed by atoms with Crippen molar-refractivity contribution in [1.82, 2.24) is 4.57 Å². The molecule has 0 fully saturated rings. The third kappa shape index (κ3) is 5.31. The summed E-state index contributed by atoms with van der Waals surface area (Å²) >= 11 is 5.57. The highest BCUT2D eigenvalue weighted by atomic mass is 32.1. The van der Waals surface area contributed by atoms with Gasteiger partial charge in [-0.2, -0.15) is 0 Å². The predicted molar refractivity (Wildman–Crippen MR) is 108 cm³/mol. The van der Waals surface area contributed by atoms with Crippen LogP contribution in [0, 0.1) is 10.6 Å². The number of fused-ring (bicyclic) bond motifs is 1. The minimum atomic E-state index is -0.137. The van der Waals surface area contributed by atoms with Crippen LogP contribution in [0.3, 0.4) is 0 Å². The molecule has 1 unspecified atom stereocenters. The Bertz CT molecular complexity index is 784. The van der Waals surface area contributed by atoms with Crippen LogP contribution >= 0.6 is 12.2 Å². The van der Waals surface area contributed by atoms with E-state index in [4.69, 9.17) is 21.7 Å². The quantitative estimate of drug-likeness (QED) is 0.311. The number of hydrogen-bond acceptors (Lipinski definition) is 4.